The maximum Gasteiger partial charge on any atom is 1.00 e. The number of methoxy groups -OCH3 is 1. The van der Waals surface area contributed by atoms with Crippen LogP contribution in [0, 0.1) is 0 Å². The molecule has 18 heteroatoms. The molecule has 4 rings (SSSR count). The molecule has 38 heavy (non-hydrogen) atoms. The summed E-state index contributed by atoms with van der Waals surface area (Å²) < 4.78 is 5.04. The molecule has 1 saturated heterocycles. The summed E-state index contributed by atoms with van der Waals surface area (Å²) in [4.78, 5) is 49.8. The SMILES string of the molecule is COc1ccc(C(O)C(=O)NC2C(=O)N3C(C(=O)[O-])=C(C(CC(=O)[O-])Sc4nnn[nH]4)CS[C@@H]23)cc1.[K+].[K+]. The van der Waals surface area contributed by atoms with E-state index in [0.29, 0.717) is 5.75 Å². The number of hydrogen-bond donors (Lipinski definition) is 3. The number of ether oxygens (including phenoxy) is 1. The number of fused-ring (bicyclic) bond motifs is 1. The van der Waals surface area contributed by atoms with Crippen molar-refractivity contribution >= 4 is 47.3 Å². The Kier molecular flexibility index (Phi) is 13.4. The summed E-state index contributed by atoms with van der Waals surface area (Å²) in [7, 11) is 1.47. The van der Waals surface area contributed by atoms with E-state index in [-0.39, 0.29) is 125 Å². The van der Waals surface area contributed by atoms with Crippen molar-refractivity contribution in [2.24, 2.45) is 0 Å². The molecular formula is C20H18K2N6O8S2. The molecule has 2 amide bonds. The maximum absolute atomic E-state index is 12.9. The summed E-state index contributed by atoms with van der Waals surface area (Å²) in [5.74, 6) is -4.14. The number of amides is 2. The van der Waals surface area contributed by atoms with Crippen molar-refractivity contribution in [1.29, 1.82) is 0 Å². The number of carboxylic acid groups (broad SMARTS) is 2. The fraction of sp³-hybridized carbons (Fsp3) is 0.350. The number of aromatic nitrogens is 4. The van der Waals surface area contributed by atoms with Crippen LogP contribution in [0.15, 0.2) is 40.7 Å². The topological polar surface area (TPSA) is 214 Å². The molecule has 3 unspecified atom stereocenters. The molecule has 0 saturated carbocycles. The third kappa shape index (κ3) is 7.48. The molecule has 3 N–H and O–H groups in total. The van der Waals surface area contributed by atoms with Crippen LogP contribution in [-0.4, -0.2) is 83.9 Å². The average molecular weight is 613 g/mol. The zero-order valence-corrected chi connectivity index (χ0v) is 28.3. The molecule has 2 aromatic rings. The normalized spacial score (nSPS) is 19.6. The van der Waals surface area contributed by atoms with Gasteiger partial charge in [0, 0.05) is 23.4 Å². The number of nitrogens with one attached hydrogen (secondary N) is 2. The number of H-pyrrole nitrogens is 1. The first-order valence-corrected chi connectivity index (χ1v) is 12.3. The van der Waals surface area contributed by atoms with Gasteiger partial charge in [-0.2, -0.15) is 0 Å². The average Bonchev–Trinajstić information content (AvgIpc) is 3.38. The van der Waals surface area contributed by atoms with Gasteiger partial charge < -0.3 is 35.0 Å². The summed E-state index contributed by atoms with van der Waals surface area (Å²) in [6, 6.07) is 5.02. The van der Waals surface area contributed by atoms with Crippen LogP contribution in [0.2, 0.25) is 0 Å². The minimum Gasteiger partial charge on any atom is -0.550 e. The Morgan fingerprint density at radius 3 is 2.53 bits per heavy atom. The number of nitrogens with zero attached hydrogens (tertiary/aromatic N) is 4. The van der Waals surface area contributed by atoms with Gasteiger partial charge >= 0.3 is 103 Å². The Hall–Kier alpha value is -0.357. The molecule has 4 atom stereocenters. The number of tetrazole rings is 1. The van der Waals surface area contributed by atoms with Gasteiger partial charge in [-0.15, -0.1) is 16.9 Å². The number of carboxylic acids is 2. The van der Waals surface area contributed by atoms with Crippen LogP contribution in [0.4, 0.5) is 0 Å². The van der Waals surface area contributed by atoms with Crippen molar-refractivity contribution in [2.45, 2.75) is 34.3 Å². The second-order valence-electron chi connectivity index (χ2n) is 7.62. The molecule has 2 aliphatic heterocycles. The van der Waals surface area contributed by atoms with Crippen molar-refractivity contribution in [1.82, 2.24) is 30.8 Å². The number of aliphatic hydroxyl groups is 1. The molecule has 1 aromatic carbocycles. The summed E-state index contributed by atoms with van der Waals surface area (Å²) in [5.41, 5.74) is -0.0793. The molecule has 0 bridgehead atoms. The standard InChI is InChI=1S/C20H20N6O8S2.2K/c1-34-9-4-2-8(3-5-9)15(29)16(30)21-13-17(31)26-14(19(32)33)10(7-35-18(13)26)11(6-12(27)28)36-20-22-24-25-23-20;;/h2-5,11,13,15,18,29H,6-7H2,1H3,(H,21,30)(H,27,28)(H,32,33)(H,22,23,24,25);;/q;2*+1/p-2/t11?,13?,15?,18-;;/m0../s1. The summed E-state index contributed by atoms with van der Waals surface area (Å²) >= 11 is 2.00. The quantitative estimate of drug-likeness (QED) is 0.129. The number of carbonyl (C=O) groups is 4. The zero-order valence-electron chi connectivity index (χ0n) is 20.4. The van der Waals surface area contributed by atoms with Gasteiger partial charge in [-0.05, 0) is 33.7 Å². The number of aliphatic carboxylic acids is 2. The molecule has 1 aromatic heterocycles. The van der Waals surface area contributed by atoms with E-state index in [1.165, 1.54) is 19.2 Å². The fourth-order valence-corrected chi connectivity index (χ4v) is 6.30. The zero-order chi connectivity index (χ0) is 26.0. The Labute approximate surface area is 309 Å². The molecule has 0 aliphatic carbocycles. The predicted molar refractivity (Wildman–Crippen MR) is 118 cm³/mol. The molecule has 0 radical (unpaired) electrons. The number of carbonyl (C=O) groups excluding carboxylic acids is 4. The molecular weight excluding hydrogens is 595 g/mol. The van der Waals surface area contributed by atoms with Gasteiger partial charge in [-0.25, -0.2) is 5.10 Å². The molecule has 1 fully saturated rings. The van der Waals surface area contributed by atoms with Crippen molar-refractivity contribution < 1.29 is 142 Å². The van der Waals surface area contributed by atoms with E-state index in [1.807, 2.05) is 0 Å². The summed E-state index contributed by atoms with van der Waals surface area (Å²) in [6.07, 6.45) is -2.14. The Bertz CT molecular complexity index is 1220. The van der Waals surface area contributed by atoms with E-state index in [1.54, 1.807) is 12.1 Å². The number of β-lactam (4-membered cyclic amide) rings is 1. The Balaban J connectivity index is 0.00000253. The number of thioether (sulfide) groups is 2. The number of aromatic amines is 1. The van der Waals surface area contributed by atoms with Crippen LogP contribution in [0.3, 0.4) is 0 Å². The van der Waals surface area contributed by atoms with E-state index in [4.69, 9.17) is 4.74 Å². The van der Waals surface area contributed by atoms with Crippen molar-refractivity contribution in [2.75, 3.05) is 12.9 Å². The van der Waals surface area contributed by atoms with Crippen molar-refractivity contribution in [3.05, 3.63) is 41.1 Å². The second-order valence-corrected chi connectivity index (χ2v) is 9.92. The van der Waals surface area contributed by atoms with Gasteiger partial charge in [0.05, 0.1) is 18.8 Å². The van der Waals surface area contributed by atoms with E-state index in [9.17, 15) is 34.5 Å². The first kappa shape index (κ1) is 33.8. The molecule has 2 aliphatic rings. The van der Waals surface area contributed by atoms with Gasteiger partial charge in [0.1, 0.15) is 17.2 Å². The number of rotatable bonds is 10. The van der Waals surface area contributed by atoms with Gasteiger partial charge in [-0.1, -0.05) is 23.9 Å². The first-order chi connectivity index (χ1) is 17.2. The maximum atomic E-state index is 12.9. The first-order valence-electron chi connectivity index (χ1n) is 10.3. The van der Waals surface area contributed by atoms with Crippen molar-refractivity contribution in [3.8, 4) is 5.75 Å². The molecule has 0 spiro atoms. The van der Waals surface area contributed by atoms with Crippen LogP contribution < -0.4 is 123 Å². The van der Waals surface area contributed by atoms with Gasteiger partial charge in [0.25, 0.3) is 11.8 Å². The number of aliphatic hydroxyl groups excluding tert-OH is 1. The van der Waals surface area contributed by atoms with E-state index < -0.39 is 58.6 Å². The Morgan fingerprint density at radius 2 is 1.97 bits per heavy atom. The van der Waals surface area contributed by atoms with Gasteiger partial charge in [-0.3, -0.25) is 14.5 Å². The number of benzene rings is 1. The van der Waals surface area contributed by atoms with Crippen LogP contribution in [0.1, 0.15) is 18.1 Å². The predicted octanol–water partition coefficient (Wildman–Crippen LogP) is -9.05. The van der Waals surface area contributed by atoms with E-state index >= 15 is 0 Å². The minimum atomic E-state index is -1.67. The Morgan fingerprint density at radius 1 is 1.29 bits per heavy atom. The second kappa shape index (κ2) is 15.0. The minimum absolute atomic E-state index is 0. The van der Waals surface area contributed by atoms with Crippen LogP contribution in [-0.2, 0) is 19.2 Å². The van der Waals surface area contributed by atoms with Crippen molar-refractivity contribution in [3.63, 3.8) is 0 Å². The molecule has 3 heterocycles. The smallest absolute Gasteiger partial charge is 0.550 e. The third-order valence-electron chi connectivity index (χ3n) is 5.49. The van der Waals surface area contributed by atoms with E-state index in [2.05, 4.69) is 25.9 Å². The van der Waals surface area contributed by atoms with Crippen LogP contribution in [0.25, 0.3) is 0 Å². The van der Waals surface area contributed by atoms with E-state index in [0.717, 1.165) is 28.4 Å². The number of hydrogen-bond acceptors (Lipinski definition) is 13. The van der Waals surface area contributed by atoms with Gasteiger partial charge in [0.2, 0.25) is 5.16 Å². The monoisotopic (exact) mass is 612 g/mol. The molecule has 14 nitrogen and oxygen atoms in total. The summed E-state index contributed by atoms with van der Waals surface area (Å²) in [5, 5.41) is 47.5. The van der Waals surface area contributed by atoms with Crippen LogP contribution in [0.5, 0.6) is 5.75 Å². The fourth-order valence-electron chi connectivity index (χ4n) is 3.77. The van der Waals surface area contributed by atoms with Gasteiger partial charge in [0.15, 0.2) is 6.10 Å². The third-order valence-corrected chi connectivity index (χ3v) is 7.92. The van der Waals surface area contributed by atoms with Crippen LogP contribution >= 0.6 is 23.5 Å². The largest absolute Gasteiger partial charge is 1.00 e. The summed E-state index contributed by atoms with van der Waals surface area (Å²) in [6.45, 7) is 0. The molecule has 190 valence electrons.